The summed E-state index contributed by atoms with van der Waals surface area (Å²) in [6, 6.07) is 0. The van der Waals surface area contributed by atoms with Gasteiger partial charge in [0, 0.05) is 6.42 Å². The van der Waals surface area contributed by atoms with Crippen LogP contribution in [0, 0.1) is 5.92 Å². The topological polar surface area (TPSA) is 96.2 Å². The minimum Gasteiger partial charge on any atom is -0.457 e. The number of carbonyl (C=O) groups excluding carboxylic acids is 1. The summed E-state index contributed by atoms with van der Waals surface area (Å²) in [4.78, 5) is 11.9. The molecule has 1 heterocycles. The number of carbonyl (C=O) groups is 1. The molecule has 0 radical (unpaired) electrons. The molecular formula is C20H38O6. The summed E-state index contributed by atoms with van der Waals surface area (Å²) in [6.45, 7) is 4.08. The minimum atomic E-state index is -1.14. The Bertz CT molecular complexity index is 373. The second kappa shape index (κ2) is 13.5. The Morgan fingerprint density at radius 2 is 1.62 bits per heavy atom. The Morgan fingerprint density at radius 1 is 1.04 bits per heavy atom. The fourth-order valence-electron chi connectivity index (χ4n) is 3.27. The number of ether oxygens (including phenoxy) is 2. The van der Waals surface area contributed by atoms with E-state index in [0.29, 0.717) is 6.42 Å². The summed E-state index contributed by atoms with van der Waals surface area (Å²) in [6.07, 6.45) is 6.96. The number of aliphatic hydroxyl groups is 3. The monoisotopic (exact) mass is 374 g/mol. The molecule has 0 spiro atoms. The molecule has 26 heavy (non-hydrogen) atoms. The fourth-order valence-corrected chi connectivity index (χ4v) is 3.27. The standard InChI is InChI=1S/C20H38O6/c1-15(2)11-9-7-5-3-4-6-8-10-12-18(23)26-17(13-21)20-19(24)16(22)14-25-20/h15-17,19-22,24H,3-14H2,1-2H3/t16-,17+,19+,20+/m0/s1. The van der Waals surface area contributed by atoms with Gasteiger partial charge in [-0.05, 0) is 12.3 Å². The number of aliphatic hydroxyl groups excluding tert-OH is 3. The van der Waals surface area contributed by atoms with E-state index in [-0.39, 0.29) is 6.61 Å². The summed E-state index contributed by atoms with van der Waals surface area (Å²) < 4.78 is 10.4. The van der Waals surface area contributed by atoms with Crippen LogP contribution in [0.4, 0.5) is 0 Å². The van der Waals surface area contributed by atoms with E-state index in [4.69, 9.17) is 9.47 Å². The molecule has 1 rings (SSSR count). The Kier molecular flexibility index (Phi) is 12.1. The smallest absolute Gasteiger partial charge is 0.306 e. The van der Waals surface area contributed by atoms with Gasteiger partial charge in [-0.3, -0.25) is 4.79 Å². The van der Waals surface area contributed by atoms with Crippen LogP contribution in [0.1, 0.15) is 78.1 Å². The molecule has 0 aliphatic carbocycles. The van der Waals surface area contributed by atoms with E-state index >= 15 is 0 Å². The second-order valence-corrected chi connectivity index (χ2v) is 7.83. The third-order valence-electron chi connectivity index (χ3n) is 4.93. The zero-order chi connectivity index (χ0) is 19.4. The zero-order valence-electron chi connectivity index (χ0n) is 16.4. The van der Waals surface area contributed by atoms with Crippen LogP contribution in [0.2, 0.25) is 0 Å². The van der Waals surface area contributed by atoms with Gasteiger partial charge in [-0.1, -0.05) is 65.2 Å². The van der Waals surface area contributed by atoms with Gasteiger partial charge in [0.05, 0.1) is 13.2 Å². The molecule has 0 aromatic rings. The van der Waals surface area contributed by atoms with Crippen LogP contribution in [0.15, 0.2) is 0 Å². The Balaban J connectivity index is 2.02. The maximum atomic E-state index is 11.9. The molecule has 1 aliphatic heterocycles. The first kappa shape index (κ1) is 23.3. The van der Waals surface area contributed by atoms with Gasteiger partial charge >= 0.3 is 5.97 Å². The summed E-state index contributed by atoms with van der Waals surface area (Å²) in [5.41, 5.74) is 0. The molecule has 154 valence electrons. The molecule has 4 atom stereocenters. The third kappa shape index (κ3) is 9.31. The SMILES string of the molecule is CC(C)CCCCCCCCCCC(=O)O[C@H](CO)[C@H]1OC[C@H](O)[C@H]1O. The number of rotatable bonds is 14. The van der Waals surface area contributed by atoms with Crippen molar-refractivity contribution in [3.05, 3.63) is 0 Å². The third-order valence-corrected chi connectivity index (χ3v) is 4.93. The molecule has 1 saturated heterocycles. The molecule has 0 aromatic carbocycles. The van der Waals surface area contributed by atoms with Crippen LogP contribution in [-0.4, -0.2) is 58.9 Å². The molecule has 0 saturated carbocycles. The largest absolute Gasteiger partial charge is 0.457 e. The lowest BCUT2D eigenvalue weighted by molar-refractivity contribution is -0.162. The molecule has 1 aliphatic rings. The highest BCUT2D eigenvalue weighted by Gasteiger charge is 2.41. The van der Waals surface area contributed by atoms with Crippen LogP contribution in [0.25, 0.3) is 0 Å². The molecule has 0 aromatic heterocycles. The molecule has 1 fully saturated rings. The van der Waals surface area contributed by atoms with Gasteiger partial charge in [-0.25, -0.2) is 0 Å². The first-order chi connectivity index (χ1) is 12.5. The first-order valence-corrected chi connectivity index (χ1v) is 10.2. The van der Waals surface area contributed by atoms with E-state index in [0.717, 1.165) is 25.2 Å². The van der Waals surface area contributed by atoms with Crippen LogP contribution in [0.5, 0.6) is 0 Å². The van der Waals surface area contributed by atoms with E-state index in [2.05, 4.69) is 13.8 Å². The summed E-state index contributed by atoms with van der Waals surface area (Å²) in [5.74, 6) is 0.406. The predicted molar refractivity (Wildman–Crippen MR) is 99.7 cm³/mol. The van der Waals surface area contributed by atoms with Crippen LogP contribution in [-0.2, 0) is 14.3 Å². The highest BCUT2D eigenvalue weighted by molar-refractivity contribution is 5.69. The second-order valence-electron chi connectivity index (χ2n) is 7.83. The van der Waals surface area contributed by atoms with Gasteiger partial charge in [0.25, 0.3) is 0 Å². The van der Waals surface area contributed by atoms with Crippen LogP contribution < -0.4 is 0 Å². The Morgan fingerprint density at radius 3 is 2.12 bits per heavy atom. The van der Waals surface area contributed by atoms with Crippen LogP contribution >= 0.6 is 0 Å². The lowest BCUT2D eigenvalue weighted by atomic mass is 10.0. The maximum Gasteiger partial charge on any atom is 0.306 e. The van der Waals surface area contributed by atoms with Crippen molar-refractivity contribution in [2.75, 3.05) is 13.2 Å². The van der Waals surface area contributed by atoms with Crippen molar-refractivity contribution in [2.45, 2.75) is 102 Å². The van der Waals surface area contributed by atoms with Gasteiger partial charge in [-0.15, -0.1) is 0 Å². The van der Waals surface area contributed by atoms with E-state index in [1.807, 2.05) is 0 Å². The zero-order valence-corrected chi connectivity index (χ0v) is 16.4. The summed E-state index contributed by atoms with van der Waals surface area (Å²) in [5, 5.41) is 28.6. The summed E-state index contributed by atoms with van der Waals surface area (Å²) in [7, 11) is 0. The van der Waals surface area contributed by atoms with Crippen molar-refractivity contribution in [2.24, 2.45) is 5.92 Å². The van der Waals surface area contributed by atoms with Crippen molar-refractivity contribution in [3.8, 4) is 0 Å². The van der Waals surface area contributed by atoms with E-state index < -0.39 is 37.0 Å². The number of esters is 1. The molecular weight excluding hydrogens is 336 g/mol. The number of hydrogen-bond donors (Lipinski definition) is 3. The lowest BCUT2D eigenvalue weighted by Gasteiger charge is -2.24. The normalized spacial score (nSPS) is 24.2. The van der Waals surface area contributed by atoms with Gasteiger partial charge in [0.2, 0.25) is 0 Å². The quantitative estimate of drug-likeness (QED) is 0.319. The Labute approximate surface area is 157 Å². The van der Waals surface area contributed by atoms with Crippen molar-refractivity contribution < 1.29 is 29.6 Å². The number of hydrogen-bond acceptors (Lipinski definition) is 6. The molecule has 0 unspecified atom stereocenters. The molecule has 0 amide bonds. The Hall–Kier alpha value is -0.690. The van der Waals surface area contributed by atoms with Crippen molar-refractivity contribution in [1.82, 2.24) is 0 Å². The van der Waals surface area contributed by atoms with E-state index in [1.165, 1.54) is 38.5 Å². The number of unbranched alkanes of at least 4 members (excludes halogenated alkanes) is 7. The highest BCUT2D eigenvalue weighted by Crippen LogP contribution is 2.20. The minimum absolute atomic E-state index is 0.0165. The highest BCUT2D eigenvalue weighted by atomic mass is 16.6. The van der Waals surface area contributed by atoms with Crippen molar-refractivity contribution in [3.63, 3.8) is 0 Å². The lowest BCUT2D eigenvalue weighted by Crippen LogP contribution is -2.43. The average molecular weight is 375 g/mol. The van der Waals surface area contributed by atoms with E-state index in [9.17, 15) is 20.1 Å². The van der Waals surface area contributed by atoms with E-state index in [1.54, 1.807) is 0 Å². The maximum absolute atomic E-state index is 11.9. The molecule has 0 bridgehead atoms. The van der Waals surface area contributed by atoms with Gasteiger partial charge in [-0.2, -0.15) is 0 Å². The summed E-state index contributed by atoms with van der Waals surface area (Å²) >= 11 is 0. The molecule has 6 heteroatoms. The van der Waals surface area contributed by atoms with Gasteiger partial charge < -0.3 is 24.8 Å². The predicted octanol–water partition coefficient (Wildman–Crippen LogP) is 2.57. The average Bonchev–Trinajstić information content (AvgIpc) is 2.93. The van der Waals surface area contributed by atoms with Gasteiger partial charge in [0.1, 0.15) is 18.3 Å². The molecule has 6 nitrogen and oxygen atoms in total. The van der Waals surface area contributed by atoms with Crippen molar-refractivity contribution >= 4 is 5.97 Å². The molecule has 3 N–H and O–H groups in total. The van der Waals surface area contributed by atoms with Crippen LogP contribution in [0.3, 0.4) is 0 Å². The fraction of sp³-hybridized carbons (Fsp3) is 0.950. The first-order valence-electron chi connectivity index (χ1n) is 10.2. The van der Waals surface area contributed by atoms with Crippen molar-refractivity contribution in [1.29, 1.82) is 0 Å². The van der Waals surface area contributed by atoms with Gasteiger partial charge in [0.15, 0.2) is 6.10 Å².